The Bertz CT molecular complexity index is 622. The Morgan fingerprint density at radius 3 is 2.45 bits per heavy atom. The van der Waals surface area contributed by atoms with Gasteiger partial charge in [0.1, 0.15) is 0 Å². The maximum Gasteiger partial charge on any atom is 0.335 e. The molecule has 2 aromatic rings. The summed E-state index contributed by atoms with van der Waals surface area (Å²) in [5, 5.41) is 12.6. The van der Waals surface area contributed by atoms with Crippen molar-refractivity contribution in [2.45, 2.75) is 37.8 Å². The summed E-state index contributed by atoms with van der Waals surface area (Å²) in [6, 6.07) is 18.3. The summed E-state index contributed by atoms with van der Waals surface area (Å²) in [6.07, 6.45) is 3.70. The largest absolute Gasteiger partial charge is 0.478 e. The molecule has 1 aliphatic rings. The minimum absolute atomic E-state index is 0.340. The van der Waals surface area contributed by atoms with Crippen LogP contribution in [0.25, 0.3) is 0 Å². The third kappa shape index (κ3) is 3.37. The van der Waals surface area contributed by atoms with Crippen molar-refractivity contribution >= 4 is 5.97 Å². The summed E-state index contributed by atoms with van der Waals surface area (Å²) in [6.45, 7) is 0.786. The molecule has 1 aliphatic carbocycles. The maximum absolute atomic E-state index is 10.9. The van der Waals surface area contributed by atoms with E-state index < -0.39 is 5.97 Å². The first kappa shape index (κ1) is 14.8. The average molecular weight is 295 g/mol. The Balaban J connectivity index is 1.62. The second-order valence-electron chi connectivity index (χ2n) is 5.94. The van der Waals surface area contributed by atoms with Crippen LogP contribution < -0.4 is 5.32 Å². The Labute approximate surface area is 131 Å². The van der Waals surface area contributed by atoms with E-state index in [0.717, 1.165) is 12.1 Å². The number of aromatic carboxylic acids is 1. The minimum Gasteiger partial charge on any atom is -0.478 e. The van der Waals surface area contributed by atoms with E-state index in [0.29, 0.717) is 17.5 Å². The fourth-order valence-electron chi connectivity index (χ4n) is 3.32. The van der Waals surface area contributed by atoms with Crippen molar-refractivity contribution < 1.29 is 9.90 Å². The van der Waals surface area contributed by atoms with Crippen LogP contribution in [0.2, 0.25) is 0 Å². The summed E-state index contributed by atoms with van der Waals surface area (Å²) in [5.41, 5.74) is 2.88. The SMILES string of the molecule is O=C(O)c1ccc(CN[C@@H]2CCC[C@H]2c2ccccc2)cc1. The quantitative estimate of drug-likeness (QED) is 0.882. The molecule has 0 aromatic heterocycles. The number of benzene rings is 2. The van der Waals surface area contributed by atoms with Gasteiger partial charge in [-0.2, -0.15) is 0 Å². The highest BCUT2D eigenvalue weighted by molar-refractivity contribution is 5.87. The van der Waals surface area contributed by atoms with Gasteiger partial charge < -0.3 is 10.4 Å². The Morgan fingerprint density at radius 1 is 1.05 bits per heavy atom. The van der Waals surface area contributed by atoms with Gasteiger partial charge in [0.15, 0.2) is 0 Å². The molecule has 22 heavy (non-hydrogen) atoms. The number of nitrogens with one attached hydrogen (secondary N) is 1. The highest BCUT2D eigenvalue weighted by Crippen LogP contribution is 2.34. The topological polar surface area (TPSA) is 49.3 Å². The molecule has 0 saturated heterocycles. The molecule has 2 atom stereocenters. The standard InChI is InChI=1S/C19H21NO2/c21-19(22)16-11-9-14(10-12-16)13-20-18-8-4-7-17(18)15-5-2-1-3-6-15/h1-3,5-6,9-12,17-18,20H,4,7-8,13H2,(H,21,22)/t17-,18+/m0/s1. The average Bonchev–Trinajstić information content (AvgIpc) is 3.02. The highest BCUT2D eigenvalue weighted by Gasteiger charge is 2.27. The number of carboxylic acid groups (broad SMARTS) is 1. The molecule has 3 nitrogen and oxygen atoms in total. The second kappa shape index (κ2) is 6.75. The van der Waals surface area contributed by atoms with E-state index in [9.17, 15) is 4.79 Å². The third-order valence-corrected chi connectivity index (χ3v) is 4.51. The van der Waals surface area contributed by atoms with Gasteiger partial charge in [-0.3, -0.25) is 0 Å². The first-order chi connectivity index (χ1) is 10.7. The van der Waals surface area contributed by atoms with Crippen molar-refractivity contribution in [1.29, 1.82) is 0 Å². The molecule has 0 aliphatic heterocycles. The van der Waals surface area contributed by atoms with Gasteiger partial charge in [0.2, 0.25) is 0 Å². The van der Waals surface area contributed by atoms with Gasteiger partial charge in [-0.15, -0.1) is 0 Å². The lowest BCUT2D eigenvalue weighted by Gasteiger charge is -2.21. The van der Waals surface area contributed by atoms with Gasteiger partial charge in [-0.05, 0) is 42.0 Å². The lowest BCUT2D eigenvalue weighted by atomic mass is 9.94. The van der Waals surface area contributed by atoms with Crippen molar-refractivity contribution in [3.63, 3.8) is 0 Å². The third-order valence-electron chi connectivity index (χ3n) is 4.51. The van der Waals surface area contributed by atoms with Crippen LogP contribution in [0, 0.1) is 0 Å². The molecule has 0 radical (unpaired) electrons. The van der Waals surface area contributed by atoms with Crippen LogP contribution in [-0.2, 0) is 6.54 Å². The molecule has 0 bridgehead atoms. The summed E-state index contributed by atoms with van der Waals surface area (Å²) in [7, 11) is 0. The van der Waals surface area contributed by atoms with Crippen molar-refractivity contribution in [2.24, 2.45) is 0 Å². The van der Waals surface area contributed by atoms with Crippen LogP contribution >= 0.6 is 0 Å². The molecular weight excluding hydrogens is 274 g/mol. The van der Waals surface area contributed by atoms with E-state index in [1.807, 2.05) is 12.1 Å². The summed E-state index contributed by atoms with van der Waals surface area (Å²) in [5.74, 6) is -0.293. The van der Waals surface area contributed by atoms with Crippen LogP contribution in [0.3, 0.4) is 0 Å². The van der Waals surface area contributed by atoms with Crippen LogP contribution in [0.1, 0.15) is 46.7 Å². The van der Waals surface area contributed by atoms with Crippen molar-refractivity contribution in [1.82, 2.24) is 5.32 Å². The van der Waals surface area contributed by atoms with Crippen molar-refractivity contribution in [2.75, 3.05) is 0 Å². The summed E-state index contributed by atoms with van der Waals surface area (Å²) >= 11 is 0. The summed E-state index contributed by atoms with van der Waals surface area (Å²) < 4.78 is 0. The number of carbonyl (C=O) groups is 1. The number of rotatable bonds is 5. The lowest BCUT2D eigenvalue weighted by Crippen LogP contribution is -2.30. The van der Waals surface area contributed by atoms with E-state index in [1.165, 1.54) is 24.8 Å². The number of hydrogen-bond acceptors (Lipinski definition) is 2. The molecule has 1 fully saturated rings. The second-order valence-corrected chi connectivity index (χ2v) is 5.94. The Kier molecular flexibility index (Phi) is 4.54. The molecular formula is C19H21NO2. The van der Waals surface area contributed by atoms with Crippen molar-refractivity contribution in [3.05, 3.63) is 71.3 Å². The van der Waals surface area contributed by atoms with E-state index in [4.69, 9.17) is 5.11 Å². The van der Waals surface area contributed by atoms with E-state index in [1.54, 1.807) is 12.1 Å². The monoisotopic (exact) mass is 295 g/mol. The smallest absolute Gasteiger partial charge is 0.335 e. The molecule has 3 rings (SSSR count). The van der Waals surface area contributed by atoms with Crippen LogP contribution in [0.4, 0.5) is 0 Å². The van der Waals surface area contributed by atoms with E-state index in [-0.39, 0.29) is 0 Å². The molecule has 1 saturated carbocycles. The zero-order valence-electron chi connectivity index (χ0n) is 12.5. The predicted octanol–water partition coefficient (Wildman–Crippen LogP) is 3.81. The van der Waals surface area contributed by atoms with Crippen LogP contribution in [0.5, 0.6) is 0 Å². The molecule has 114 valence electrons. The van der Waals surface area contributed by atoms with Crippen LogP contribution in [0.15, 0.2) is 54.6 Å². The van der Waals surface area contributed by atoms with Gasteiger partial charge in [-0.1, -0.05) is 48.9 Å². The van der Waals surface area contributed by atoms with Gasteiger partial charge in [0.25, 0.3) is 0 Å². The van der Waals surface area contributed by atoms with Gasteiger partial charge in [0, 0.05) is 12.6 Å². The van der Waals surface area contributed by atoms with E-state index in [2.05, 4.69) is 35.6 Å². The van der Waals surface area contributed by atoms with Crippen molar-refractivity contribution in [3.8, 4) is 0 Å². The number of carboxylic acids is 1. The zero-order valence-corrected chi connectivity index (χ0v) is 12.5. The maximum atomic E-state index is 10.9. The molecule has 2 aromatic carbocycles. The van der Waals surface area contributed by atoms with E-state index >= 15 is 0 Å². The molecule has 3 heteroatoms. The molecule has 2 N–H and O–H groups in total. The lowest BCUT2D eigenvalue weighted by molar-refractivity contribution is 0.0697. The molecule has 0 unspecified atom stereocenters. The first-order valence-corrected chi connectivity index (χ1v) is 7.84. The van der Waals surface area contributed by atoms with Gasteiger partial charge >= 0.3 is 5.97 Å². The molecule has 0 heterocycles. The van der Waals surface area contributed by atoms with Gasteiger partial charge in [-0.25, -0.2) is 4.79 Å². The van der Waals surface area contributed by atoms with Crippen LogP contribution in [-0.4, -0.2) is 17.1 Å². The highest BCUT2D eigenvalue weighted by atomic mass is 16.4. The number of hydrogen-bond donors (Lipinski definition) is 2. The fourth-order valence-corrected chi connectivity index (χ4v) is 3.32. The summed E-state index contributed by atoms with van der Waals surface area (Å²) in [4.78, 5) is 10.9. The first-order valence-electron chi connectivity index (χ1n) is 7.84. The molecule has 0 amide bonds. The molecule has 0 spiro atoms. The zero-order chi connectivity index (χ0) is 15.4. The predicted molar refractivity (Wildman–Crippen MR) is 87.1 cm³/mol. The van der Waals surface area contributed by atoms with Gasteiger partial charge in [0.05, 0.1) is 5.56 Å². The Hall–Kier alpha value is -2.13. The normalized spacial score (nSPS) is 20.9. The Morgan fingerprint density at radius 2 is 1.77 bits per heavy atom. The minimum atomic E-state index is -0.876. The fraction of sp³-hybridized carbons (Fsp3) is 0.316.